The molecule has 0 aromatic carbocycles. The molecule has 0 fully saturated rings. The molecule has 0 saturated heterocycles. The molecule has 7 heteroatoms. The molecular weight excluding hydrogens is 233 g/mol. The number of ether oxygens (including phenoxy) is 1. The van der Waals surface area contributed by atoms with Gasteiger partial charge < -0.3 is 4.74 Å². The van der Waals surface area contributed by atoms with E-state index in [2.05, 4.69) is 9.57 Å². The summed E-state index contributed by atoms with van der Waals surface area (Å²) in [6, 6.07) is 0. The van der Waals surface area contributed by atoms with Gasteiger partial charge in [0.05, 0.1) is 19.1 Å². The molecule has 1 amide bonds. The maximum Gasteiger partial charge on any atom is 0.399 e. The van der Waals surface area contributed by atoms with Crippen LogP contribution in [0.1, 0.15) is 6.92 Å². The second-order valence-corrected chi connectivity index (χ2v) is 2.61. The van der Waals surface area contributed by atoms with Gasteiger partial charge in [0.15, 0.2) is 0 Å². The minimum atomic E-state index is -0.906. The summed E-state index contributed by atoms with van der Waals surface area (Å²) in [5, 5.41) is 0.998. The van der Waals surface area contributed by atoms with Crippen LogP contribution in [0.25, 0.3) is 0 Å². The highest BCUT2D eigenvalue weighted by Gasteiger charge is 2.19. The van der Waals surface area contributed by atoms with Crippen molar-refractivity contribution in [3.63, 3.8) is 0 Å². The number of likely N-dealkylation sites (N-methyl/N-ethyl adjacent to an activating group) is 1. The van der Waals surface area contributed by atoms with Crippen molar-refractivity contribution in [3.8, 4) is 0 Å². The summed E-state index contributed by atoms with van der Waals surface area (Å²) in [4.78, 5) is 25.9. The summed E-state index contributed by atoms with van der Waals surface area (Å²) in [6.07, 6.45) is 0. The summed E-state index contributed by atoms with van der Waals surface area (Å²) in [7, 11) is 2.62. The summed E-state index contributed by atoms with van der Waals surface area (Å²) in [5.74, 6) is -1.72. The van der Waals surface area contributed by atoms with E-state index in [-0.39, 0.29) is 11.9 Å². The Morgan fingerprint density at radius 1 is 1.36 bits per heavy atom. The van der Waals surface area contributed by atoms with Crippen molar-refractivity contribution < 1.29 is 19.2 Å². The van der Waals surface area contributed by atoms with Crippen LogP contribution in [0.15, 0.2) is 0 Å². The van der Waals surface area contributed by atoms with Gasteiger partial charge in [0.1, 0.15) is 0 Å². The fourth-order valence-electron chi connectivity index (χ4n) is 0.404. The number of esters is 1. The molecular formula is C7H13Cl2NO4. The van der Waals surface area contributed by atoms with Gasteiger partial charge in [-0.25, -0.2) is 9.86 Å². The molecule has 0 N–H and O–H groups in total. The van der Waals surface area contributed by atoms with Crippen LogP contribution in [-0.2, 0) is 19.2 Å². The highest BCUT2D eigenvalue weighted by atomic mass is 35.5. The Labute approximate surface area is 92.8 Å². The van der Waals surface area contributed by atoms with Crippen LogP contribution in [0.2, 0.25) is 0 Å². The molecule has 0 atom stereocenters. The molecule has 0 spiro atoms. The van der Waals surface area contributed by atoms with Gasteiger partial charge in [-0.15, -0.1) is 23.2 Å². The van der Waals surface area contributed by atoms with Crippen LogP contribution in [0.3, 0.4) is 0 Å². The lowest BCUT2D eigenvalue weighted by atomic mass is 10.6. The van der Waals surface area contributed by atoms with E-state index >= 15 is 0 Å². The van der Waals surface area contributed by atoms with Crippen molar-refractivity contribution in [2.75, 3.05) is 26.1 Å². The third kappa shape index (κ3) is 8.10. The van der Waals surface area contributed by atoms with Crippen LogP contribution in [0, 0.1) is 0 Å². The Bertz CT molecular complexity index is 177. The number of rotatable bonds is 2. The number of carbonyl (C=O) groups excluding carboxylic acids is 2. The minimum Gasteiger partial charge on any atom is -0.459 e. The first kappa shape index (κ1) is 15.9. The van der Waals surface area contributed by atoms with E-state index in [4.69, 9.17) is 23.2 Å². The van der Waals surface area contributed by atoms with Gasteiger partial charge in [-0.05, 0) is 6.92 Å². The summed E-state index contributed by atoms with van der Waals surface area (Å²) < 4.78 is 4.42. The van der Waals surface area contributed by atoms with Crippen LogP contribution in [-0.4, -0.2) is 43.0 Å². The van der Waals surface area contributed by atoms with Crippen molar-refractivity contribution in [1.29, 1.82) is 0 Å². The Morgan fingerprint density at radius 2 is 1.79 bits per heavy atom. The highest BCUT2D eigenvalue weighted by molar-refractivity contribution is 6.40. The molecule has 0 bridgehead atoms. The number of alkyl halides is 2. The third-order valence-corrected chi connectivity index (χ3v) is 1.01. The lowest BCUT2D eigenvalue weighted by molar-refractivity contribution is -0.182. The molecule has 0 rings (SSSR count). The van der Waals surface area contributed by atoms with Gasteiger partial charge in [-0.2, -0.15) is 0 Å². The number of carbonyl (C=O) groups is 2. The van der Waals surface area contributed by atoms with Gasteiger partial charge in [0.25, 0.3) is 0 Å². The molecule has 0 aromatic heterocycles. The van der Waals surface area contributed by atoms with E-state index in [1.807, 2.05) is 0 Å². The normalized spacial score (nSPS) is 8.36. The Balaban J connectivity index is 0. The van der Waals surface area contributed by atoms with Gasteiger partial charge in [0, 0.05) is 7.05 Å². The van der Waals surface area contributed by atoms with Crippen LogP contribution in [0.4, 0.5) is 0 Å². The molecule has 0 radical (unpaired) electrons. The van der Waals surface area contributed by atoms with E-state index in [0.29, 0.717) is 0 Å². The number of halogens is 2. The van der Waals surface area contributed by atoms with Crippen molar-refractivity contribution in [2.45, 2.75) is 6.92 Å². The monoisotopic (exact) mass is 245 g/mol. The quantitative estimate of drug-likeness (QED) is 0.315. The van der Waals surface area contributed by atoms with Gasteiger partial charge in [-0.3, -0.25) is 9.63 Å². The van der Waals surface area contributed by atoms with Crippen molar-refractivity contribution in [1.82, 2.24) is 5.06 Å². The Hall–Kier alpha value is -0.520. The number of hydrogen-bond donors (Lipinski definition) is 0. The topological polar surface area (TPSA) is 55.8 Å². The molecule has 84 valence electrons. The summed E-state index contributed by atoms with van der Waals surface area (Å²) >= 11 is 9.53. The molecule has 0 heterocycles. The standard InChI is InChI=1S/C6H11NO4.CH2Cl2/c1-4-11-6(9)5(8)7(2)10-3;2-1-3/h4H2,1-3H3;1H2. The highest BCUT2D eigenvalue weighted by Crippen LogP contribution is 1.87. The van der Waals surface area contributed by atoms with Crippen molar-refractivity contribution in [3.05, 3.63) is 0 Å². The molecule has 0 saturated carbocycles. The van der Waals surface area contributed by atoms with Gasteiger partial charge in [-0.1, -0.05) is 0 Å². The maximum absolute atomic E-state index is 10.8. The lowest BCUT2D eigenvalue weighted by Crippen LogP contribution is -2.33. The first-order valence-corrected chi connectivity index (χ1v) is 4.72. The number of hydrogen-bond acceptors (Lipinski definition) is 4. The van der Waals surface area contributed by atoms with Gasteiger partial charge >= 0.3 is 11.9 Å². The molecule has 14 heavy (non-hydrogen) atoms. The zero-order chi connectivity index (χ0) is 11.6. The van der Waals surface area contributed by atoms with Crippen molar-refractivity contribution >= 4 is 35.1 Å². The van der Waals surface area contributed by atoms with Crippen LogP contribution < -0.4 is 0 Å². The second-order valence-electron chi connectivity index (χ2n) is 1.81. The average molecular weight is 246 g/mol. The molecule has 0 unspecified atom stereocenters. The Kier molecular flexibility index (Phi) is 12.0. The zero-order valence-corrected chi connectivity index (χ0v) is 9.76. The summed E-state index contributed by atoms with van der Waals surface area (Å²) in [6.45, 7) is 1.81. The third-order valence-electron chi connectivity index (χ3n) is 1.01. The van der Waals surface area contributed by atoms with E-state index in [1.165, 1.54) is 14.2 Å². The SMILES string of the molecule is CCOC(=O)C(=O)N(C)OC.ClCCl. The fraction of sp³-hybridized carbons (Fsp3) is 0.714. The zero-order valence-electron chi connectivity index (χ0n) is 8.25. The fourth-order valence-corrected chi connectivity index (χ4v) is 0.404. The minimum absolute atomic E-state index is 0.183. The first-order valence-electron chi connectivity index (χ1n) is 3.65. The molecule has 5 nitrogen and oxygen atoms in total. The van der Waals surface area contributed by atoms with E-state index in [9.17, 15) is 9.59 Å². The molecule has 0 aromatic rings. The average Bonchev–Trinajstić information content (AvgIpc) is 2.17. The predicted molar refractivity (Wildman–Crippen MR) is 53.0 cm³/mol. The predicted octanol–water partition coefficient (Wildman–Crippen LogP) is 0.991. The van der Waals surface area contributed by atoms with Crippen LogP contribution >= 0.6 is 23.2 Å². The van der Waals surface area contributed by atoms with Crippen molar-refractivity contribution in [2.24, 2.45) is 0 Å². The van der Waals surface area contributed by atoms with Gasteiger partial charge in [0.2, 0.25) is 0 Å². The largest absolute Gasteiger partial charge is 0.459 e. The summed E-state index contributed by atoms with van der Waals surface area (Å²) in [5.41, 5.74) is 0. The number of amides is 1. The number of nitrogens with zero attached hydrogens (tertiary/aromatic N) is 1. The molecule has 0 aliphatic heterocycles. The second kappa shape index (κ2) is 10.6. The van der Waals surface area contributed by atoms with E-state index in [0.717, 1.165) is 5.06 Å². The number of hydroxylamine groups is 2. The van der Waals surface area contributed by atoms with Crippen LogP contribution in [0.5, 0.6) is 0 Å². The van der Waals surface area contributed by atoms with E-state index < -0.39 is 11.9 Å². The Morgan fingerprint density at radius 3 is 2.07 bits per heavy atom. The first-order chi connectivity index (χ1) is 6.54. The lowest BCUT2D eigenvalue weighted by Gasteiger charge is -2.11. The smallest absolute Gasteiger partial charge is 0.399 e. The molecule has 0 aliphatic rings. The van der Waals surface area contributed by atoms with E-state index in [1.54, 1.807) is 6.92 Å². The molecule has 0 aliphatic carbocycles. The maximum atomic E-state index is 10.8.